The molecule has 12 heteroatoms. The zero-order valence-corrected chi connectivity index (χ0v) is 24.0. The van der Waals surface area contributed by atoms with Crippen LogP contribution >= 0.6 is 15.9 Å². The van der Waals surface area contributed by atoms with Crippen LogP contribution in [0.5, 0.6) is 0 Å². The van der Waals surface area contributed by atoms with Gasteiger partial charge in [0.1, 0.15) is 18.2 Å². The molecule has 0 aliphatic rings. The molecule has 3 aromatic rings. The molecule has 7 nitrogen and oxygen atoms in total. The number of halogens is 5. The first-order chi connectivity index (χ1) is 18.8. The lowest BCUT2D eigenvalue weighted by Gasteiger charge is -2.39. The van der Waals surface area contributed by atoms with E-state index in [0.717, 1.165) is 28.2 Å². The summed E-state index contributed by atoms with van der Waals surface area (Å²) < 4.78 is 57.3. The summed E-state index contributed by atoms with van der Waals surface area (Å²) in [5.41, 5.74) is 5.42. The van der Waals surface area contributed by atoms with Crippen LogP contribution in [-0.2, 0) is 11.3 Å². The Morgan fingerprint density at radius 1 is 1.18 bits per heavy atom. The molecule has 0 spiro atoms. The van der Waals surface area contributed by atoms with Gasteiger partial charge in [0, 0.05) is 11.0 Å². The molecule has 216 valence electrons. The number of nitrogens with zero attached hydrogens (tertiary/aromatic N) is 4. The van der Waals surface area contributed by atoms with Crippen molar-refractivity contribution < 1.29 is 27.5 Å². The molecule has 1 unspecified atom stereocenters. The van der Waals surface area contributed by atoms with Crippen molar-refractivity contribution >= 4 is 21.8 Å². The summed E-state index contributed by atoms with van der Waals surface area (Å²) in [5.74, 6) is -2.04. The van der Waals surface area contributed by atoms with E-state index < -0.39 is 48.1 Å². The minimum Gasteiger partial charge on any atom is -0.387 e. The van der Waals surface area contributed by atoms with Crippen LogP contribution < -0.4 is 5.73 Å². The van der Waals surface area contributed by atoms with Crippen LogP contribution in [-0.4, -0.2) is 56.3 Å². The van der Waals surface area contributed by atoms with Crippen LogP contribution in [0.1, 0.15) is 44.6 Å². The third-order valence-corrected chi connectivity index (χ3v) is 6.44. The van der Waals surface area contributed by atoms with Crippen molar-refractivity contribution in [1.82, 2.24) is 19.7 Å². The van der Waals surface area contributed by atoms with Crippen LogP contribution in [0.4, 0.5) is 17.6 Å². The SMILES string of the molecule is C#C.CC(C)(C)[C@H](c1nc(-c2cc(F)ccc2F)nn1Cc1cccc(Br)c1)N(CCC(N)C(F)F)C(=O)CO. The molecular weight excluding hydrogens is 594 g/mol. The number of carbonyl (C=O) groups is 1. The maximum atomic E-state index is 14.7. The predicted octanol–water partition coefficient (Wildman–Crippen LogP) is 5.17. The molecule has 0 bridgehead atoms. The standard InChI is InChI=1S/C26H30BrF4N5O2.C2H2/c1-26(2,3)22(35(21(38)14-37)10-9-20(32)23(30)31)25-33-24(18-12-17(28)7-8-19(18)29)34-36(25)13-15-5-4-6-16(27)11-15;1-2/h4-8,11-12,20,22-23,37H,9-10,13-14,32H2,1-3H3;1-2H/t20?,22-;/m0./s1. The Hall–Kier alpha value is -3.27. The van der Waals surface area contributed by atoms with Crippen molar-refractivity contribution in [2.24, 2.45) is 11.1 Å². The van der Waals surface area contributed by atoms with Crippen LogP contribution in [0.3, 0.4) is 0 Å². The maximum Gasteiger partial charge on any atom is 0.253 e. The minimum atomic E-state index is -2.79. The summed E-state index contributed by atoms with van der Waals surface area (Å²) in [6, 6.07) is 7.88. The zero-order valence-electron chi connectivity index (χ0n) is 22.4. The largest absolute Gasteiger partial charge is 0.387 e. The third-order valence-electron chi connectivity index (χ3n) is 5.95. The molecular formula is C28H32BrF4N5O2. The fraction of sp³-hybridized carbons (Fsp3) is 0.393. The number of terminal acetylenes is 1. The minimum absolute atomic E-state index is 0.109. The Balaban J connectivity index is 0.00000274. The number of alkyl halides is 2. The van der Waals surface area contributed by atoms with Gasteiger partial charge in [-0.05, 0) is 47.7 Å². The van der Waals surface area contributed by atoms with E-state index in [2.05, 4.69) is 38.9 Å². The molecule has 0 radical (unpaired) electrons. The highest BCUT2D eigenvalue weighted by molar-refractivity contribution is 9.10. The van der Waals surface area contributed by atoms with Crippen molar-refractivity contribution in [2.45, 2.75) is 52.2 Å². The Morgan fingerprint density at radius 2 is 1.85 bits per heavy atom. The second-order valence-corrected chi connectivity index (χ2v) is 10.9. The number of aliphatic hydroxyl groups excluding tert-OH is 1. The summed E-state index contributed by atoms with van der Waals surface area (Å²) in [5, 5.41) is 14.2. The number of nitrogens with two attached hydrogens (primary N) is 1. The normalized spacial score (nSPS) is 12.9. The van der Waals surface area contributed by atoms with Crippen molar-refractivity contribution in [1.29, 1.82) is 0 Å². The topological polar surface area (TPSA) is 97.3 Å². The second kappa shape index (κ2) is 14.4. The van der Waals surface area contributed by atoms with E-state index in [9.17, 15) is 27.5 Å². The van der Waals surface area contributed by atoms with E-state index >= 15 is 0 Å². The molecule has 0 aliphatic heterocycles. The van der Waals surface area contributed by atoms with Crippen LogP contribution in [0.15, 0.2) is 46.9 Å². The van der Waals surface area contributed by atoms with Crippen LogP contribution in [0, 0.1) is 29.9 Å². The Bertz CT molecular complexity index is 1310. The quantitative estimate of drug-likeness (QED) is 0.239. The van der Waals surface area contributed by atoms with Gasteiger partial charge in [-0.3, -0.25) is 4.79 Å². The van der Waals surface area contributed by atoms with Gasteiger partial charge in [0.25, 0.3) is 6.43 Å². The number of benzene rings is 2. The fourth-order valence-corrected chi connectivity index (χ4v) is 4.61. The average Bonchev–Trinajstić information content (AvgIpc) is 3.29. The van der Waals surface area contributed by atoms with Crippen LogP contribution in [0.2, 0.25) is 0 Å². The molecule has 2 aromatic carbocycles. The van der Waals surface area contributed by atoms with Gasteiger partial charge >= 0.3 is 0 Å². The first kappa shape index (κ1) is 32.9. The summed E-state index contributed by atoms with van der Waals surface area (Å²) in [7, 11) is 0. The summed E-state index contributed by atoms with van der Waals surface area (Å²) in [6.07, 6.45) is 4.97. The van der Waals surface area contributed by atoms with Gasteiger partial charge in [-0.1, -0.05) is 48.8 Å². The number of hydrogen-bond acceptors (Lipinski definition) is 5. The Kier molecular flexibility index (Phi) is 11.8. The van der Waals surface area contributed by atoms with Gasteiger partial charge in [0.2, 0.25) is 5.91 Å². The van der Waals surface area contributed by atoms with E-state index in [0.29, 0.717) is 0 Å². The van der Waals surface area contributed by atoms with Crippen molar-refractivity contribution in [3.8, 4) is 24.2 Å². The van der Waals surface area contributed by atoms with Crippen molar-refractivity contribution in [3.05, 3.63) is 70.0 Å². The van der Waals surface area contributed by atoms with Gasteiger partial charge in [-0.15, -0.1) is 12.8 Å². The van der Waals surface area contributed by atoms with Gasteiger partial charge in [0.15, 0.2) is 11.6 Å². The summed E-state index contributed by atoms with van der Waals surface area (Å²) in [4.78, 5) is 18.7. The lowest BCUT2D eigenvalue weighted by molar-refractivity contribution is -0.140. The molecule has 1 amide bonds. The average molecular weight is 626 g/mol. The van der Waals surface area contributed by atoms with Gasteiger partial charge in [-0.2, -0.15) is 5.10 Å². The monoisotopic (exact) mass is 625 g/mol. The van der Waals surface area contributed by atoms with E-state index in [4.69, 9.17) is 5.73 Å². The number of aromatic nitrogens is 3. The molecule has 3 N–H and O–H groups in total. The first-order valence-electron chi connectivity index (χ1n) is 12.2. The van der Waals surface area contributed by atoms with Gasteiger partial charge in [0.05, 0.1) is 24.2 Å². The van der Waals surface area contributed by atoms with Gasteiger partial charge in [-0.25, -0.2) is 27.2 Å². The molecule has 0 fully saturated rings. The highest BCUT2D eigenvalue weighted by Crippen LogP contribution is 2.39. The van der Waals surface area contributed by atoms with Crippen molar-refractivity contribution in [3.63, 3.8) is 0 Å². The Labute approximate surface area is 239 Å². The van der Waals surface area contributed by atoms with E-state index in [-0.39, 0.29) is 36.7 Å². The molecule has 40 heavy (non-hydrogen) atoms. The number of carbonyl (C=O) groups excluding carboxylic acids is 1. The number of aliphatic hydroxyl groups is 1. The molecule has 0 saturated carbocycles. The molecule has 3 rings (SSSR count). The maximum absolute atomic E-state index is 14.7. The third kappa shape index (κ3) is 8.36. The smallest absolute Gasteiger partial charge is 0.253 e. The Morgan fingerprint density at radius 3 is 2.42 bits per heavy atom. The number of amides is 1. The molecule has 0 aliphatic carbocycles. The zero-order chi connectivity index (χ0) is 30.2. The first-order valence-corrected chi connectivity index (χ1v) is 13.0. The van der Waals surface area contributed by atoms with Crippen molar-refractivity contribution in [2.75, 3.05) is 13.2 Å². The lowest BCUT2D eigenvalue weighted by Crippen LogP contribution is -2.46. The van der Waals surface area contributed by atoms with E-state index in [1.807, 2.05) is 45.0 Å². The summed E-state index contributed by atoms with van der Waals surface area (Å²) >= 11 is 3.42. The van der Waals surface area contributed by atoms with E-state index in [1.165, 1.54) is 9.58 Å². The molecule has 0 saturated heterocycles. The summed E-state index contributed by atoms with van der Waals surface area (Å²) in [6.45, 7) is 4.51. The molecule has 1 aromatic heterocycles. The fourth-order valence-electron chi connectivity index (χ4n) is 4.16. The molecule has 2 atom stereocenters. The highest BCUT2D eigenvalue weighted by Gasteiger charge is 2.39. The second-order valence-electron chi connectivity index (χ2n) is 10.0. The highest BCUT2D eigenvalue weighted by atomic mass is 79.9. The predicted molar refractivity (Wildman–Crippen MR) is 148 cm³/mol. The lowest BCUT2D eigenvalue weighted by atomic mass is 9.84. The van der Waals surface area contributed by atoms with Crippen LogP contribution in [0.25, 0.3) is 11.4 Å². The van der Waals surface area contributed by atoms with Gasteiger partial charge < -0.3 is 15.7 Å². The number of rotatable bonds is 10. The molecule has 1 heterocycles. The number of hydrogen-bond donors (Lipinski definition) is 2. The van der Waals surface area contributed by atoms with E-state index in [1.54, 1.807) is 0 Å².